The third-order valence-corrected chi connectivity index (χ3v) is 7.86. The summed E-state index contributed by atoms with van der Waals surface area (Å²) >= 11 is 7.54. The standard InChI is InChI=1S/C23H24ClN7O3S2/c1-13-17(24)4-3-5-18(13)31-21(25)20-14(2)29-30-22(20)28-23(31)35-12-19(32)27-11-10-15-6-8-16(9-7-15)36(26,33)34/h3-9,25H,10-12H2,1-2H3,(H,27,32)(H,29,30)(H2,26,33,34). The Morgan fingerprint density at radius 2 is 1.94 bits per heavy atom. The van der Waals surface area contributed by atoms with Crippen molar-refractivity contribution in [2.45, 2.75) is 30.3 Å². The van der Waals surface area contributed by atoms with Gasteiger partial charge in [-0.05, 0) is 55.7 Å². The molecule has 188 valence electrons. The maximum Gasteiger partial charge on any atom is 0.238 e. The summed E-state index contributed by atoms with van der Waals surface area (Å²) in [5.74, 6) is -0.132. The van der Waals surface area contributed by atoms with Gasteiger partial charge in [0.25, 0.3) is 0 Å². The SMILES string of the molecule is Cc1c(Cl)cccc1-n1c(SCC(=O)NCCc2ccc(S(N)(=O)=O)cc2)nc2n[nH]c(C)c2c1=N. The second kappa shape index (κ2) is 10.4. The number of carbonyl (C=O) groups excluding carboxylic acids is 1. The summed E-state index contributed by atoms with van der Waals surface area (Å²) in [4.78, 5) is 17.2. The molecule has 0 fully saturated rings. The van der Waals surface area contributed by atoms with Crippen LogP contribution in [0.5, 0.6) is 0 Å². The molecule has 0 saturated heterocycles. The number of aromatic amines is 1. The van der Waals surface area contributed by atoms with Crippen LogP contribution < -0.4 is 15.9 Å². The molecule has 10 nitrogen and oxygen atoms in total. The molecule has 0 radical (unpaired) electrons. The fraction of sp³-hybridized carbons (Fsp3) is 0.217. The average Bonchev–Trinajstić information content (AvgIpc) is 3.20. The van der Waals surface area contributed by atoms with E-state index in [2.05, 4.69) is 20.5 Å². The van der Waals surface area contributed by atoms with Crippen molar-refractivity contribution in [3.05, 3.63) is 69.8 Å². The van der Waals surface area contributed by atoms with Gasteiger partial charge in [-0.25, -0.2) is 18.5 Å². The van der Waals surface area contributed by atoms with Crippen LogP contribution in [0.3, 0.4) is 0 Å². The van der Waals surface area contributed by atoms with Gasteiger partial charge < -0.3 is 5.32 Å². The molecule has 5 N–H and O–H groups in total. The molecular formula is C23H24ClN7O3S2. The van der Waals surface area contributed by atoms with Gasteiger partial charge in [0.05, 0.1) is 21.7 Å². The quantitative estimate of drug-likeness (QED) is 0.197. The molecule has 0 saturated carbocycles. The Morgan fingerprint density at radius 3 is 2.64 bits per heavy atom. The highest BCUT2D eigenvalue weighted by molar-refractivity contribution is 7.99. The fourth-order valence-corrected chi connectivity index (χ4v) is 5.18. The number of sulfonamides is 1. The van der Waals surface area contributed by atoms with Crippen LogP contribution in [0.25, 0.3) is 16.7 Å². The first-order valence-electron chi connectivity index (χ1n) is 10.9. The third-order valence-electron chi connectivity index (χ3n) is 5.58. The van der Waals surface area contributed by atoms with Crippen LogP contribution in [-0.2, 0) is 21.2 Å². The highest BCUT2D eigenvalue weighted by Gasteiger charge is 2.18. The van der Waals surface area contributed by atoms with Gasteiger partial charge >= 0.3 is 0 Å². The van der Waals surface area contributed by atoms with Gasteiger partial charge in [-0.2, -0.15) is 5.10 Å². The second-order valence-electron chi connectivity index (χ2n) is 8.09. The number of aryl methyl sites for hydroxylation is 1. The van der Waals surface area contributed by atoms with E-state index in [-0.39, 0.29) is 22.0 Å². The van der Waals surface area contributed by atoms with Crippen molar-refractivity contribution in [3.8, 4) is 5.69 Å². The number of hydrogen-bond acceptors (Lipinski definition) is 7. The molecule has 0 aliphatic rings. The van der Waals surface area contributed by atoms with Gasteiger partial charge in [0.1, 0.15) is 5.49 Å². The molecule has 4 rings (SSSR count). The molecule has 0 aliphatic heterocycles. The van der Waals surface area contributed by atoms with Crippen LogP contribution in [0.1, 0.15) is 16.8 Å². The Hall–Kier alpha value is -3.19. The number of fused-ring (bicyclic) bond motifs is 1. The number of H-pyrrole nitrogens is 1. The number of benzene rings is 2. The van der Waals surface area contributed by atoms with Gasteiger partial charge in [0.2, 0.25) is 15.9 Å². The zero-order valence-corrected chi connectivity index (χ0v) is 21.9. The van der Waals surface area contributed by atoms with Crippen molar-refractivity contribution in [1.82, 2.24) is 25.1 Å². The molecule has 13 heteroatoms. The number of halogens is 1. The summed E-state index contributed by atoms with van der Waals surface area (Å²) in [6.45, 7) is 4.07. The van der Waals surface area contributed by atoms with Crippen molar-refractivity contribution in [1.29, 1.82) is 5.41 Å². The molecule has 0 aliphatic carbocycles. The first-order valence-corrected chi connectivity index (χ1v) is 13.8. The number of nitrogens with two attached hydrogens (primary N) is 1. The van der Waals surface area contributed by atoms with E-state index in [4.69, 9.17) is 22.1 Å². The lowest BCUT2D eigenvalue weighted by atomic mass is 10.1. The minimum absolute atomic E-state index is 0.0419. The molecule has 0 atom stereocenters. The smallest absolute Gasteiger partial charge is 0.238 e. The van der Waals surface area contributed by atoms with Crippen LogP contribution >= 0.6 is 23.4 Å². The first-order chi connectivity index (χ1) is 17.1. The minimum atomic E-state index is -3.74. The topological polar surface area (TPSA) is 160 Å². The summed E-state index contributed by atoms with van der Waals surface area (Å²) in [6, 6.07) is 11.7. The zero-order valence-electron chi connectivity index (χ0n) is 19.5. The van der Waals surface area contributed by atoms with E-state index >= 15 is 0 Å². The van der Waals surface area contributed by atoms with Gasteiger partial charge in [-0.1, -0.05) is 41.6 Å². The summed E-state index contributed by atoms with van der Waals surface area (Å²) in [6.07, 6.45) is 0.524. The van der Waals surface area contributed by atoms with Crippen molar-refractivity contribution >= 4 is 50.3 Å². The molecule has 0 unspecified atom stereocenters. The molecular weight excluding hydrogens is 522 g/mol. The van der Waals surface area contributed by atoms with Crippen molar-refractivity contribution < 1.29 is 13.2 Å². The van der Waals surface area contributed by atoms with Crippen molar-refractivity contribution in [2.75, 3.05) is 12.3 Å². The predicted molar refractivity (Wildman–Crippen MR) is 139 cm³/mol. The molecule has 2 aromatic heterocycles. The fourth-order valence-electron chi connectivity index (χ4n) is 3.66. The summed E-state index contributed by atoms with van der Waals surface area (Å²) in [5, 5.41) is 25.5. The predicted octanol–water partition coefficient (Wildman–Crippen LogP) is 2.60. The molecule has 36 heavy (non-hydrogen) atoms. The number of primary sulfonamides is 1. The van der Waals surface area contributed by atoms with Gasteiger partial charge in [0, 0.05) is 17.3 Å². The highest BCUT2D eigenvalue weighted by Crippen LogP contribution is 2.26. The van der Waals surface area contributed by atoms with Crippen molar-refractivity contribution in [2.24, 2.45) is 5.14 Å². The van der Waals surface area contributed by atoms with Crippen molar-refractivity contribution in [3.63, 3.8) is 0 Å². The molecule has 2 aromatic carbocycles. The van der Waals surface area contributed by atoms with E-state index in [1.807, 2.05) is 19.9 Å². The van der Waals surface area contributed by atoms with E-state index in [0.717, 1.165) is 16.8 Å². The first kappa shape index (κ1) is 25.9. The van der Waals surface area contributed by atoms with Gasteiger partial charge in [-0.15, -0.1) is 0 Å². The highest BCUT2D eigenvalue weighted by atomic mass is 35.5. The van der Waals surface area contributed by atoms with Crippen LogP contribution in [0.15, 0.2) is 52.5 Å². The van der Waals surface area contributed by atoms with Gasteiger partial charge in [0.15, 0.2) is 10.8 Å². The number of carbonyl (C=O) groups is 1. The lowest BCUT2D eigenvalue weighted by molar-refractivity contribution is -0.118. The Balaban J connectivity index is 1.49. The van der Waals surface area contributed by atoms with Crippen LogP contribution in [0.2, 0.25) is 5.02 Å². The third kappa shape index (κ3) is 5.46. The zero-order chi connectivity index (χ0) is 26.0. The normalized spacial score (nSPS) is 11.7. The number of rotatable bonds is 8. The summed E-state index contributed by atoms with van der Waals surface area (Å²) in [5.41, 5.74) is 3.68. The number of aromatic nitrogens is 4. The van der Waals surface area contributed by atoms with Crippen LogP contribution in [0, 0.1) is 19.3 Å². The average molecular weight is 546 g/mol. The number of nitrogens with one attached hydrogen (secondary N) is 3. The van der Waals surface area contributed by atoms with Crippen LogP contribution in [-0.4, -0.2) is 46.4 Å². The Bertz CT molecular complexity index is 1610. The second-order valence-corrected chi connectivity index (χ2v) is 11.0. The lowest BCUT2D eigenvalue weighted by Gasteiger charge is -2.16. The summed E-state index contributed by atoms with van der Waals surface area (Å²) in [7, 11) is -3.74. The summed E-state index contributed by atoms with van der Waals surface area (Å²) < 4.78 is 24.4. The molecule has 0 spiro atoms. The van der Waals surface area contributed by atoms with Crippen LogP contribution in [0.4, 0.5) is 0 Å². The van der Waals surface area contributed by atoms with Gasteiger partial charge in [-0.3, -0.25) is 19.9 Å². The van der Waals surface area contributed by atoms with E-state index in [0.29, 0.717) is 39.9 Å². The number of hydrogen-bond donors (Lipinski definition) is 4. The molecule has 4 aromatic rings. The number of thioether (sulfide) groups is 1. The Kier molecular flexibility index (Phi) is 7.50. The molecule has 0 bridgehead atoms. The molecule has 1 amide bonds. The molecule has 2 heterocycles. The van der Waals surface area contributed by atoms with E-state index in [9.17, 15) is 13.2 Å². The Labute approximate surface area is 216 Å². The van der Waals surface area contributed by atoms with E-state index in [1.54, 1.807) is 28.8 Å². The maximum atomic E-state index is 12.6. The Morgan fingerprint density at radius 1 is 1.22 bits per heavy atom. The monoisotopic (exact) mass is 545 g/mol. The largest absolute Gasteiger partial charge is 0.355 e. The van der Waals surface area contributed by atoms with E-state index in [1.165, 1.54) is 23.9 Å². The maximum absolute atomic E-state index is 12.6. The minimum Gasteiger partial charge on any atom is -0.355 e. The van der Waals surface area contributed by atoms with E-state index < -0.39 is 10.0 Å². The number of amides is 1. The lowest BCUT2D eigenvalue weighted by Crippen LogP contribution is -2.28. The number of nitrogens with zero attached hydrogens (tertiary/aromatic N) is 3.